The summed E-state index contributed by atoms with van der Waals surface area (Å²) in [6.45, 7) is 0.757. The van der Waals surface area contributed by atoms with E-state index in [1.54, 1.807) is 10.9 Å². The van der Waals surface area contributed by atoms with Gasteiger partial charge in [0.2, 0.25) is 0 Å². The SMILES string of the molecule is O=C(O)c1cnn(C2CCOC3(CCC3)C2)c1. The summed E-state index contributed by atoms with van der Waals surface area (Å²) in [5.41, 5.74) is 0.331. The van der Waals surface area contributed by atoms with Crippen LogP contribution in [0.2, 0.25) is 0 Å². The lowest BCUT2D eigenvalue weighted by Crippen LogP contribution is -2.46. The largest absolute Gasteiger partial charge is 0.478 e. The van der Waals surface area contributed by atoms with Crippen LogP contribution in [0, 0.1) is 0 Å². The molecule has 0 amide bonds. The van der Waals surface area contributed by atoms with Crippen molar-refractivity contribution >= 4 is 5.97 Å². The van der Waals surface area contributed by atoms with Crippen LogP contribution < -0.4 is 0 Å². The molecule has 92 valence electrons. The molecule has 1 N–H and O–H groups in total. The van der Waals surface area contributed by atoms with E-state index >= 15 is 0 Å². The van der Waals surface area contributed by atoms with Crippen LogP contribution in [-0.2, 0) is 4.74 Å². The summed E-state index contributed by atoms with van der Waals surface area (Å²) < 4.78 is 7.65. The highest BCUT2D eigenvalue weighted by atomic mass is 16.5. The van der Waals surface area contributed by atoms with Crippen molar-refractivity contribution in [2.75, 3.05) is 6.61 Å². The van der Waals surface area contributed by atoms with Gasteiger partial charge in [0.25, 0.3) is 0 Å². The van der Waals surface area contributed by atoms with Crippen molar-refractivity contribution in [1.29, 1.82) is 0 Å². The summed E-state index contributed by atoms with van der Waals surface area (Å²) in [5.74, 6) is -0.915. The Morgan fingerprint density at radius 3 is 3.00 bits per heavy atom. The average molecular weight is 236 g/mol. The number of carbonyl (C=O) groups is 1. The summed E-state index contributed by atoms with van der Waals surface area (Å²) in [4.78, 5) is 10.8. The third-order valence-electron chi connectivity index (χ3n) is 3.95. The summed E-state index contributed by atoms with van der Waals surface area (Å²) in [6, 6.07) is 0.289. The Morgan fingerprint density at radius 1 is 1.59 bits per heavy atom. The van der Waals surface area contributed by atoms with E-state index in [9.17, 15) is 4.79 Å². The van der Waals surface area contributed by atoms with Gasteiger partial charge in [-0.3, -0.25) is 4.68 Å². The van der Waals surface area contributed by atoms with Gasteiger partial charge in [0.15, 0.2) is 0 Å². The first-order chi connectivity index (χ1) is 8.19. The average Bonchev–Trinajstić information content (AvgIpc) is 2.76. The molecule has 5 nitrogen and oxygen atoms in total. The maximum Gasteiger partial charge on any atom is 0.338 e. The Hall–Kier alpha value is -1.36. The molecular formula is C12H16N2O3. The van der Waals surface area contributed by atoms with E-state index in [0.29, 0.717) is 0 Å². The zero-order valence-corrected chi connectivity index (χ0v) is 9.63. The predicted octanol–water partition coefficient (Wildman–Crippen LogP) is 1.86. The second-order valence-corrected chi connectivity index (χ2v) is 5.05. The molecule has 0 bridgehead atoms. The van der Waals surface area contributed by atoms with Gasteiger partial charge in [-0.2, -0.15) is 5.10 Å². The van der Waals surface area contributed by atoms with Crippen LogP contribution in [0.3, 0.4) is 0 Å². The fourth-order valence-electron chi connectivity index (χ4n) is 2.80. The molecule has 1 atom stereocenters. The summed E-state index contributed by atoms with van der Waals surface area (Å²) in [5, 5.41) is 13.0. The quantitative estimate of drug-likeness (QED) is 0.851. The predicted molar refractivity (Wildman–Crippen MR) is 60.0 cm³/mol. The minimum absolute atomic E-state index is 0.0677. The van der Waals surface area contributed by atoms with Crippen LogP contribution in [0.1, 0.15) is 48.5 Å². The molecular weight excluding hydrogens is 220 g/mol. The number of aromatic nitrogens is 2. The fourth-order valence-corrected chi connectivity index (χ4v) is 2.80. The molecule has 5 heteroatoms. The van der Waals surface area contributed by atoms with Crippen LogP contribution in [0.5, 0.6) is 0 Å². The van der Waals surface area contributed by atoms with Crippen molar-refractivity contribution < 1.29 is 14.6 Å². The lowest BCUT2D eigenvalue weighted by atomic mass is 9.74. The molecule has 2 aliphatic rings. The van der Waals surface area contributed by atoms with Crippen LogP contribution in [0.15, 0.2) is 12.4 Å². The van der Waals surface area contributed by atoms with Crippen LogP contribution in [0.25, 0.3) is 0 Å². The molecule has 1 saturated heterocycles. The lowest BCUT2D eigenvalue weighted by Gasteiger charge is -2.47. The maximum absolute atomic E-state index is 10.8. The molecule has 17 heavy (non-hydrogen) atoms. The van der Waals surface area contributed by atoms with Gasteiger partial charge in [-0.25, -0.2) is 4.79 Å². The molecule has 1 spiro atoms. The number of rotatable bonds is 2. The van der Waals surface area contributed by atoms with Gasteiger partial charge in [-0.15, -0.1) is 0 Å². The molecule has 0 radical (unpaired) electrons. The van der Waals surface area contributed by atoms with Crippen molar-refractivity contribution in [3.05, 3.63) is 18.0 Å². The molecule has 2 fully saturated rings. The molecule has 3 rings (SSSR count). The van der Waals surface area contributed by atoms with Gasteiger partial charge in [-0.05, 0) is 32.1 Å². The molecule has 1 aliphatic heterocycles. The highest BCUT2D eigenvalue weighted by Gasteiger charge is 2.43. The van der Waals surface area contributed by atoms with Gasteiger partial charge in [0, 0.05) is 12.8 Å². The standard InChI is InChI=1S/C12H16N2O3/c15-11(16)9-7-13-14(8-9)10-2-5-17-12(6-10)3-1-4-12/h7-8,10H,1-6H2,(H,15,16). The van der Waals surface area contributed by atoms with Crippen molar-refractivity contribution in [1.82, 2.24) is 9.78 Å². The Morgan fingerprint density at radius 2 is 2.41 bits per heavy atom. The fraction of sp³-hybridized carbons (Fsp3) is 0.667. The van der Waals surface area contributed by atoms with E-state index < -0.39 is 5.97 Å². The van der Waals surface area contributed by atoms with Crippen LogP contribution >= 0.6 is 0 Å². The second kappa shape index (κ2) is 3.84. The number of nitrogens with zero attached hydrogens (tertiary/aromatic N) is 2. The van der Waals surface area contributed by atoms with E-state index in [-0.39, 0.29) is 17.2 Å². The Labute approximate surface area is 99.4 Å². The third kappa shape index (κ3) is 1.84. The van der Waals surface area contributed by atoms with E-state index in [1.165, 1.54) is 12.6 Å². The van der Waals surface area contributed by atoms with Crippen molar-refractivity contribution in [2.45, 2.75) is 43.7 Å². The van der Waals surface area contributed by atoms with E-state index in [2.05, 4.69) is 5.10 Å². The van der Waals surface area contributed by atoms with Gasteiger partial charge in [-0.1, -0.05) is 0 Å². The molecule has 1 aliphatic carbocycles. The summed E-state index contributed by atoms with van der Waals surface area (Å²) in [7, 11) is 0. The van der Waals surface area contributed by atoms with Gasteiger partial charge < -0.3 is 9.84 Å². The Bertz CT molecular complexity index is 437. The van der Waals surface area contributed by atoms with Gasteiger partial charge >= 0.3 is 5.97 Å². The maximum atomic E-state index is 10.8. The first-order valence-corrected chi connectivity index (χ1v) is 6.10. The second-order valence-electron chi connectivity index (χ2n) is 5.05. The topological polar surface area (TPSA) is 64.3 Å². The molecule has 1 aromatic rings. The summed E-state index contributed by atoms with van der Waals surface area (Å²) >= 11 is 0. The minimum atomic E-state index is -0.915. The monoisotopic (exact) mass is 236 g/mol. The lowest BCUT2D eigenvalue weighted by molar-refractivity contribution is -0.141. The van der Waals surface area contributed by atoms with E-state index in [4.69, 9.17) is 9.84 Å². The number of hydrogen-bond donors (Lipinski definition) is 1. The van der Waals surface area contributed by atoms with Gasteiger partial charge in [0.05, 0.1) is 23.4 Å². The van der Waals surface area contributed by atoms with Crippen molar-refractivity contribution in [3.63, 3.8) is 0 Å². The highest BCUT2D eigenvalue weighted by Crippen LogP contribution is 2.45. The normalized spacial score (nSPS) is 26.7. The van der Waals surface area contributed by atoms with Crippen molar-refractivity contribution in [3.8, 4) is 0 Å². The zero-order valence-electron chi connectivity index (χ0n) is 9.63. The van der Waals surface area contributed by atoms with Crippen LogP contribution in [0.4, 0.5) is 0 Å². The molecule has 0 aromatic carbocycles. The number of hydrogen-bond acceptors (Lipinski definition) is 3. The van der Waals surface area contributed by atoms with Crippen molar-refractivity contribution in [2.24, 2.45) is 0 Å². The first-order valence-electron chi connectivity index (χ1n) is 6.10. The van der Waals surface area contributed by atoms with Crippen LogP contribution in [-0.4, -0.2) is 33.1 Å². The number of ether oxygens (including phenoxy) is 1. The Kier molecular flexibility index (Phi) is 2.43. The number of aromatic carboxylic acids is 1. The number of carboxylic acids is 1. The Balaban J connectivity index is 1.76. The van der Waals surface area contributed by atoms with E-state index in [1.807, 2.05) is 0 Å². The first kappa shape index (κ1) is 10.8. The molecule has 1 aromatic heterocycles. The molecule has 1 unspecified atom stereocenters. The third-order valence-corrected chi connectivity index (χ3v) is 3.95. The zero-order chi connectivity index (χ0) is 11.9. The summed E-state index contributed by atoms with van der Waals surface area (Å²) in [6.07, 6.45) is 8.45. The smallest absolute Gasteiger partial charge is 0.338 e. The molecule has 2 heterocycles. The van der Waals surface area contributed by atoms with E-state index in [0.717, 1.165) is 32.3 Å². The van der Waals surface area contributed by atoms with Gasteiger partial charge in [0.1, 0.15) is 0 Å². The highest BCUT2D eigenvalue weighted by molar-refractivity contribution is 5.86. The number of carboxylic acid groups (broad SMARTS) is 1. The minimum Gasteiger partial charge on any atom is -0.478 e. The molecule has 1 saturated carbocycles.